The van der Waals surface area contributed by atoms with Gasteiger partial charge in [0.1, 0.15) is 5.82 Å². The van der Waals surface area contributed by atoms with Gasteiger partial charge in [0, 0.05) is 0 Å². The number of aryl methyl sites for hydroxylation is 1. The van der Waals surface area contributed by atoms with Crippen molar-refractivity contribution in [3.8, 4) is 0 Å². The van der Waals surface area contributed by atoms with Crippen LogP contribution in [-0.2, 0) is 6.42 Å². The summed E-state index contributed by atoms with van der Waals surface area (Å²) < 4.78 is 13.7. The van der Waals surface area contributed by atoms with Crippen LogP contribution < -0.4 is 0 Å². The number of halogens is 2. The highest BCUT2D eigenvalue weighted by molar-refractivity contribution is 9.10. The zero-order valence-electron chi connectivity index (χ0n) is 7.53. The van der Waals surface area contributed by atoms with Crippen molar-refractivity contribution in [1.82, 2.24) is 0 Å². The van der Waals surface area contributed by atoms with E-state index in [2.05, 4.69) is 15.9 Å². The summed E-state index contributed by atoms with van der Waals surface area (Å²) in [4.78, 5) is 11.0. The second-order valence-corrected chi connectivity index (χ2v) is 3.70. The van der Waals surface area contributed by atoms with Crippen LogP contribution in [0.25, 0.3) is 0 Å². The fraction of sp³-hybridized carbons (Fsp3) is 0.300. The van der Waals surface area contributed by atoms with E-state index in [9.17, 15) is 9.18 Å². The van der Waals surface area contributed by atoms with E-state index >= 15 is 0 Å². The Kier molecular flexibility index (Phi) is 3.20. The van der Waals surface area contributed by atoms with Crippen molar-refractivity contribution in [3.05, 3.63) is 33.5 Å². The molecular formula is C10H10BrFO. The Morgan fingerprint density at radius 3 is 2.62 bits per heavy atom. The van der Waals surface area contributed by atoms with Crippen LogP contribution in [0.3, 0.4) is 0 Å². The van der Waals surface area contributed by atoms with Gasteiger partial charge in [0.25, 0.3) is 0 Å². The van der Waals surface area contributed by atoms with E-state index in [-0.39, 0.29) is 11.3 Å². The van der Waals surface area contributed by atoms with E-state index in [1.807, 2.05) is 6.92 Å². The van der Waals surface area contributed by atoms with Crippen LogP contribution in [0.4, 0.5) is 4.39 Å². The van der Waals surface area contributed by atoms with Crippen molar-refractivity contribution in [2.75, 3.05) is 0 Å². The van der Waals surface area contributed by atoms with Gasteiger partial charge in [0.2, 0.25) is 0 Å². The number of hydrogen-bond donors (Lipinski definition) is 0. The first-order valence-electron chi connectivity index (χ1n) is 4.05. The third kappa shape index (κ3) is 2.15. The molecule has 3 heteroatoms. The molecule has 1 rings (SSSR count). The zero-order chi connectivity index (χ0) is 10.0. The largest absolute Gasteiger partial charge is 0.294 e. The third-order valence-electron chi connectivity index (χ3n) is 1.88. The highest BCUT2D eigenvalue weighted by Crippen LogP contribution is 2.22. The van der Waals surface area contributed by atoms with Crippen LogP contribution in [0.15, 0.2) is 16.6 Å². The summed E-state index contributed by atoms with van der Waals surface area (Å²) in [5.74, 6) is -0.710. The van der Waals surface area contributed by atoms with Crippen LogP contribution in [0.5, 0.6) is 0 Å². The van der Waals surface area contributed by atoms with Crippen molar-refractivity contribution in [2.45, 2.75) is 20.3 Å². The molecule has 0 bridgehead atoms. The summed E-state index contributed by atoms with van der Waals surface area (Å²) in [7, 11) is 0. The molecule has 0 saturated carbocycles. The number of rotatable bonds is 2. The third-order valence-corrected chi connectivity index (χ3v) is 2.45. The zero-order valence-corrected chi connectivity index (χ0v) is 9.11. The molecule has 1 aromatic carbocycles. The summed E-state index contributed by atoms with van der Waals surface area (Å²) in [6.45, 7) is 3.33. The maximum atomic E-state index is 13.3. The highest BCUT2D eigenvalue weighted by Gasteiger charge is 2.11. The lowest BCUT2D eigenvalue weighted by Crippen LogP contribution is -1.99. The summed E-state index contributed by atoms with van der Waals surface area (Å²) in [5, 5.41) is 0. The van der Waals surface area contributed by atoms with Crippen LogP contribution in [0.2, 0.25) is 0 Å². The maximum absolute atomic E-state index is 13.3. The van der Waals surface area contributed by atoms with Crippen molar-refractivity contribution >= 4 is 21.7 Å². The summed E-state index contributed by atoms with van der Waals surface area (Å²) in [6, 6.07) is 3.30. The molecule has 1 aromatic rings. The molecule has 0 aliphatic rings. The molecule has 0 atom stereocenters. The van der Waals surface area contributed by atoms with Crippen LogP contribution >= 0.6 is 15.9 Å². The van der Waals surface area contributed by atoms with Gasteiger partial charge in [0.15, 0.2) is 5.78 Å². The molecule has 0 heterocycles. The fourth-order valence-corrected chi connectivity index (χ4v) is 1.61. The summed E-state index contributed by atoms with van der Waals surface area (Å²) >= 11 is 3.08. The molecular weight excluding hydrogens is 235 g/mol. The highest BCUT2D eigenvalue weighted by atomic mass is 79.9. The molecule has 13 heavy (non-hydrogen) atoms. The molecule has 0 amide bonds. The Morgan fingerprint density at radius 2 is 2.15 bits per heavy atom. The van der Waals surface area contributed by atoms with Crippen LogP contribution in [0, 0.1) is 5.82 Å². The van der Waals surface area contributed by atoms with Crippen molar-refractivity contribution in [2.24, 2.45) is 0 Å². The molecule has 0 N–H and O–H groups in total. The maximum Gasteiger partial charge on any atom is 0.162 e. The topological polar surface area (TPSA) is 17.1 Å². The monoisotopic (exact) mass is 244 g/mol. The molecule has 0 aliphatic heterocycles. The minimum atomic E-state index is -0.468. The van der Waals surface area contributed by atoms with Crippen LogP contribution in [0.1, 0.15) is 29.8 Å². The average molecular weight is 245 g/mol. The van der Waals surface area contributed by atoms with Gasteiger partial charge in [-0.25, -0.2) is 4.39 Å². The molecule has 0 saturated heterocycles. The Labute approximate surface area is 85.1 Å². The quantitative estimate of drug-likeness (QED) is 0.730. The fourth-order valence-electron chi connectivity index (χ4n) is 1.11. The number of carbonyl (C=O) groups is 1. The van der Waals surface area contributed by atoms with Crippen molar-refractivity contribution in [1.29, 1.82) is 0 Å². The second kappa shape index (κ2) is 4.01. The molecule has 1 nitrogen and oxygen atoms in total. The predicted octanol–water partition coefficient (Wildman–Crippen LogP) is 3.35. The standard InChI is InChI=1S/C10H10BrFO/c1-3-7-4-8(6(2)13)10(12)9(11)5-7/h4-5H,3H2,1-2H3. The molecule has 0 aliphatic carbocycles. The Hall–Kier alpha value is -0.700. The average Bonchev–Trinajstić information content (AvgIpc) is 2.09. The van der Waals surface area contributed by atoms with Crippen LogP contribution in [-0.4, -0.2) is 5.78 Å². The summed E-state index contributed by atoms with van der Waals surface area (Å²) in [6.07, 6.45) is 0.791. The smallest absolute Gasteiger partial charge is 0.162 e. The Morgan fingerprint density at radius 1 is 1.54 bits per heavy atom. The van der Waals surface area contributed by atoms with Gasteiger partial charge in [-0.05, 0) is 47.0 Å². The first-order valence-corrected chi connectivity index (χ1v) is 4.84. The normalized spacial score (nSPS) is 10.2. The molecule has 0 spiro atoms. The van der Waals surface area contributed by atoms with Crippen molar-refractivity contribution < 1.29 is 9.18 Å². The van der Waals surface area contributed by atoms with E-state index < -0.39 is 5.82 Å². The lowest BCUT2D eigenvalue weighted by atomic mass is 10.1. The van der Waals surface area contributed by atoms with E-state index in [0.717, 1.165) is 12.0 Å². The minimum absolute atomic E-state index is 0.159. The molecule has 0 radical (unpaired) electrons. The molecule has 0 aromatic heterocycles. The molecule has 0 unspecified atom stereocenters. The van der Waals surface area contributed by atoms with E-state index in [1.54, 1.807) is 12.1 Å². The lowest BCUT2D eigenvalue weighted by molar-refractivity contribution is 0.101. The number of carbonyl (C=O) groups excluding carboxylic acids is 1. The van der Waals surface area contributed by atoms with E-state index in [1.165, 1.54) is 6.92 Å². The predicted molar refractivity (Wildman–Crippen MR) is 53.5 cm³/mol. The Bertz CT molecular complexity index is 347. The van der Waals surface area contributed by atoms with Gasteiger partial charge in [-0.15, -0.1) is 0 Å². The number of Topliss-reactive ketones (excluding diaryl/α,β-unsaturated/α-hetero) is 1. The Balaban J connectivity index is 3.33. The first-order chi connectivity index (χ1) is 6.06. The minimum Gasteiger partial charge on any atom is -0.294 e. The van der Waals surface area contributed by atoms with E-state index in [4.69, 9.17) is 0 Å². The van der Waals surface area contributed by atoms with Gasteiger partial charge < -0.3 is 0 Å². The van der Waals surface area contributed by atoms with Gasteiger partial charge in [-0.3, -0.25) is 4.79 Å². The van der Waals surface area contributed by atoms with Gasteiger partial charge in [-0.2, -0.15) is 0 Å². The van der Waals surface area contributed by atoms with Crippen molar-refractivity contribution in [3.63, 3.8) is 0 Å². The van der Waals surface area contributed by atoms with Gasteiger partial charge in [0.05, 0.1) is 10.0 Å². The summed E-state index contributed by atoms with van der Waals surface area (Å²) in [5.41, 5.74) is 1.12. The van der Waals surface area contributed by atoms with E-state index in [0.29, 0.717) is 4.47 Å². The number of hydrogen-bond acceptors (Lipinski definition) is 1. The first kappa shape index (κ1) is 10.4. The van der Waals surface area contributed by atoms with Gasteiger partial charge in [-0.1, -0.05) is 6.92 Å². The lowest BCUT2D eigenvalue weighted by Gasteiger charge is -2.04. The van der Waals surface area contributed by atoms with Gasteiger partial charge >= 0.3 is 0 Å². The second-order valence-electron chi connectivity index (χ2n) is 2.85. The number of benzene rings is 1. The molecule has 0 fully saturated rings. The molecule has 70 valence electrons. The SMILES string of the molecule is CCc1cc(Br)c(F)c(C(C)=O)c1. The number of ketones is 1.